The molecule has 2 aromatic rings. The number of para-hydroxylation sites is 1. The first-order valence-corrected chi connectivity index (χ1v) is 9.37. The highest BCUT2D eigenvalue weighted by molar-refractivity contribution is 7.81. The molecule has 2 aromatic carbocycles. The molecule has 1 fully saturated rings. The van der Waals surface area contributed by atoms with Crippen LogP contribution < -0.4 is 9.80 Å². The SMILES string of the molecule is Fc1ccccc1N1CC[NH+](C[C@@H](S)COCc2ccccc2)CC1. The molecule has 0 aliphatic carbocycles. The third kappa shape index (κ3) is 5.46. The van der Waals surface area contributed by atoms with E-state index < -0.39 is 0 Å². The Labute approximate surface area is 154 Å². The molecule has 1 heterocycles. The van der Waals surface area contributed by atoms with Crippen molar-refractivity contribution in [3.8, 4) is 0 Å². The average molecular weight is 362 g/mol. The van der Waals surface area contributed by atoms with Crippen LogP contribution in [0.4, 0.5) is 10.1 Å². The van der Waals surface area contributed by atoms with Gasteiger partial charge in [-0.15, -0.1) is 0 Å². The second-order valence-electron chi connectivity index (χ2n) is 6.55. The number of benzene rings is 2. The van der Waals surface area contributed by atoms with E-state index in [-0.39, 0.29) is 11.1 Å². The third-order valence-corrected chi connectivity index (χ3v) is 4.94. The lowest BCUT2D eigenvalue weighted by atomic mass is 10.2. The van der Waals surface area contributed by atoms with E-state index in [0.717, 1.165) is 38.4 Å². The summed E-state index contributed by atoms with van der Waals surface area (Å²) in [4.78, 5) is 3.65. The largest absolute Gasteiger partial charge is 0.375 e. The van der Waals surface area contributed by atoms with Gasteiger partial charge in [-0.05, 0) is 17.7 Å². The smallest absolute Gasteiger partial charge is 0.146 e. The summed E-state index contributed by atoms with van der Waals surface area (Å²) in [5.41, 5.74) is 1.91. The van der Waals surface area contributed by atoms with Crippen LogP contribution in [0.3, 0.4) is 0 Å². The van der Waals surface area contributed by atoms with Gasteiger partial charge in [-0.1, -0.05) is 42.5 Å². The maximum Gasteiger partial charge on any atom is 0.146 e. The minimum atomic E-state index is -0.132. The summed E-state index contributed by atoms with van der Waals surface area (Å²) in [7, 11) is 0. The molecule has 0 bridgehead atoms. The fraction of sp³-hybridized carbons (Fsp3) is 0.400. The fourth-order valence-electron chi connectivity index (χ4n) is 3.26. The second kappa shape index (κ2) is 9.22. The van der Waals surface area contributed by atoms with E-state index in [1.807, 2.05) is 30.3 Å². The molecule has 1 N–H and O–H groups in total. The Morgan fingerprint density at radius 2 is 1.72 bits per heavy atom. The normalized spacial score (nSPS) is 16.8. The number of hydrogen-bond acceptors (Lipinski definition) is 3. The van der Waals surface area contributed by atoms with E-state index in [2.05, 4.69) is 29.7 Å². The predicted molar refractivity (Wildman–Crippen MR) is 103 cm³/mol. The zero-order chi connectivity index (χ0) is 17.5. The van der Waals surface area contributed by atoms with E-state index in [4.69, 9.17) is 4.74 Å². The number of rotatable bonds is 7. The Morgan fingerprint density at radius 1 is 1.04 bits per heavy atom. The summed E-state index contributed by atoms with van der Waals surface area (Å²) in [6.45, 7) is 6.02. The molecule has 25 heavy (non-hydrogen) atoms. The van der Waals surface area contributed by atoms with Crippen LogP contribution in [0.1, 0.15) is 5.56 Å². The topological polar surface area (TPSA) is 16.9 Å². The maximum absolute atomic E-state index is 13.9. The number of thiol groups is 1. The molecule has 0 radical (unpaired) electrons. The van der Waals surface area contributed by atoms with Gasteiger partial charge >= 0.3 is 0 Å². The number of hydrogen-bond donors (Lipinski definition) is 2. The predicted octanol–water partition coefficient (Wildman–Crippen LogP) is 2.05. The lowest BCUT2D eigenvalue weighted by Crippen LogP contribution is -3.15. The first-order valence-electron chi connectivity index (χ1n) is 8.85. The molecule has 3 nitrogen and oxygen atoms in total. The van der Waals surface area contributed by atoms with Crippen LogP contribution in [0, 0.1) is 5.82 Å². The van der Waals surface area contributed by atoms with Gasteiger partial charge in [0.25, 0.3) is 0 Å². The van der Waals surface area contributed by atoms with Crippen molar-refractivity contribution in [1.82, 2.24) is 0 Å². The van der Waals surface area contributed by atoms with E-state index in [1.54, 1.807) is 6.07 Å². The summed E-state index contributed by atoms with van der Waals surface area (Å²) in [5.74, 6) is -0.132. The molecule has 0 spiro atoms. The summed E-state index contributed by atoms with van der Waals surface area (Å²) < 4.78 is 19.7. The van der Waals surface area contributed by atoms with Gasteiger partial charge in [0.2, 0.25) is 0 Å². The number of ether oxygens (including phenoxy) is 1. The van der Waals surface area contributed by atoms with Gasteiger partial charge in [0, 0.05) is 0 Å². The Balaban J connectivity index is 1.38. The Kier molecular flexibility index (Phi) is 6.73. The van der Waals surface area contributed by atoms with Crippen molar-refractivity contribution >= 4 is 18.3 Å². The Bertz CT molecular complexity index is 647. The zero-order valence-corrected chi connectivity index (χ0v) is 15.3. The van der Waals surface area contributed by atoms with Gasteiger partial charge in [-0.3, -0.25) is 0 Å². The highest BCUT2D eigenvalue weighted by Crippen LogP contribution is 2.18. The lowest BCUT2D eigenvalue weighted by Gasteiger charge is -2.34. The zero-order valence-electron chi connectivity index (χ0n) is 14.4. The quantitative estimate of drug-likeness (QED) is 0.735. The third-order valence-electron chi connectivity index (χ3n) is 4.61. The summed E-state index contributed by atoms with van der Waals surface area (Å²) in [5, 5.41) is 0.221. The highest BCUT2D eigenvalue weighted by Gasteiger charge is 2.23. The second-order valence-corrected chi connectivity index (χ2v) is 7.28. The van der Waals surface area contributed by atoms with Crippen molar-refractivity contribution in [2.45, 2.75) is 11.9 Å². The molecule has 134 valence electrons. The van der Waals surface area contributed by atoms with Crippen LogP contribution in [0.15, 0.2) is 54.6 Å². The maximum atomic E-state index is 13.9. The average Bonchev–Trinajstić information content (AvgIpc) is 2.64. The monoisotopic (exact) mass is 361 g/mol. The van der Waals surface area contributed by atoms with Gasteiger partial charge in [0.1, 0.15) is 5.82 Å². The van der Waals surface area contributed by atoms with Crippen LogP contribution in [0.5, 0.6) is 0 Å². The standard InChI is InChI=1S/C20H25FN2OS/c21-19-8-4-5-9-20(19)23-12-10-22(11-13-23)14-18(25)16-24-15-17-6-2-1-3-7-17/h1-9,18,25H,10-16H2/p+1/t18-/m1/s1. The van der Waals surface area contributed by atoms with Gasteiger partial charge in [0.05, 0.1) is 56.9 Å². The number of nitrogens with zero attached hydrogens (tertiary/aromatic N) is 1. The number of halogens is 1. The number of quaternary nitrogens is 1. The molecule has 0 unspecified atom stereocenters. The molecule has 0 amide bonds. The van der Waals surface area contributed by atoms with Crippen molar-refractivity contribution in [1.29, 1.82) is 0 Å². The van der Waals surface area contributed by atoms with Crippen LogP contribution >= 0.6 is 12.6 Å². The van der Waals surface area contributed by atoms with E-state index in [0.29, 0.717) is 13.2 Å². The van der Waals surface area contributed by atoms with Crippen LogP contribution in [-0.2, 0) is 11.3 Å². The molecule has 5 heteroatoms. The molecular weight excluding hydrogens is 335 g/mol. The van der Waals surface area contributed by atoms with Crippen LogP contribution in [-0.4, -0.2) is 44.6 Å². The van der Waals surface area contributed by atoms with Crippen LogP contribution in [0.2, 0.25) is 0 Å². The van der Waals surface area contributed by atoms with Crippen LogP contribution in [0.25, 0.3) is 0 Å². The molecule has 3 rings (SSSR count). The molecule has 1 saturated heterocycles. The van der Waals surface area contributed by atoms with Crippen molar-refractivity contribution in [2.75, 3.05) is 44.2 Å². The minimum absolute atomic E-state index is 0.132. The Hall–Kier alpha value is -1.56. The number of piperazine rings is 1. The molecule has 0 aromatic heterocycles. The molecule has 1 atom stereocenters. The lowest BCUT2D eigenvalue weighted by molar-refractivity contribution is -0.900. The number of nitrogens with one attached hydrogen (secondary N) is 1. The van der Waals surface area contributed by atoms with Crippen molar-refractivity contribution in [3.63, 3.8) is 0 Å². The Morgan fingerprint density at radius 3 is 2.44 bits per heavy atom. The van der Waals surface area contributed by atoms with Crippen molar-refractivity contribution < 1.29 is 14.0 Å². The van der Waals surface area contributed by atoms with E-state index in [9.17, 15) is 4.39 Å². The molecular formula is C20H26FN2OS+. The van der Waals surface area contributed by atoms with Crippen molar-refractivity contribution in [2.24, 2.45) is 0 Å². The first-order chi connectivity index (χ1) is 12.2. The molecule has 1 aliphatic rings. The van der Waals surface area contributed by atoms with Gasteiger partial charge in [-0.25, -0.2) is 4.39 Å². The first kappa shape index (κ1) is 18.2. The van der Waals surface area contributed by atoms with Gasteiger partial charge < -0.3 is 14.5 Å². The van der Waals surface area contributed by atoms with Crippen molar-refractivity contribution in [3.05, 3.63) is 66.0 Å². The highest BCUT2D eigenvalue weighted by atomic mass is 32.1. The van der Waals surface area contributed by atoms with E-state index >= 15 is 0 Å². The summed E-state index contributed by atoms with van der Waals surface area (Å²) >= 11 is 4.68. The number of anilines is 1. The minimum Gasteiger partial charge on any atom is -0.375 e. The van der Waals surface area contributed by atoms with E-state index in [1.165, 1.54) is 16.5 Å². The molecule has 1 aliphatic heterocycles. The van der Waals surface area contributed by atoms with Gasteiger partial charge in [-0.2, -0.15) is 12.6 Å². The van der Waals surface area contributed by atoms with Gasteiger partial charge in [0.15, 0.2) is 0 Å². The molecule has 0 saturated carbocycles. The summed E-state index contributed by atoms with van der Waals surface area (Å²) in [6, 6.07) is 17.2. The summed E-state index contributed by atoms with van der Waals surface area (Å²) in [6.07, 6.45) is 0. The fourth-order valence-corrected chi connectivity index (χ4v) is 3.62.